The molecule has 0 bridgehead atoms. The number of guanidine groups is 1. The minimum absolute atomic E-state index is 0. The van der Waals surface area contributed by atoms with Crippen LogP contribution in [0.15, 0.2) is 35.3 Å². The first-order valence-electron chi connectivity index (χ1n) is 11.8. The second kappa shape index (κ2) is 13.0. The van der Waals surface area contributed by atoms with E-state index in [-0.39, 0.29) is 47.9 Å². The lowest BCUT2D eigenvalue weighted by atomic mass is 9.85. The summed E-state index contributed by atoms with van der Waals surface area (Å²) in [6.07, 6.45) is 3.90. The zero-order valence-electron chi connectivity index (χ0n) is 20.5. The molecule has 1 aliphatic rings. The van der Waals surface area contributed by atoms with Crippen molar-refractivity contribution >= 4 is 35.8 Å². The fraction of sp³-hybridized carbons (Fsp3) is 0.560. The number of aryl methyl sites for hydroxylation is 2. The number of nitrogens with one attached hydrogen (secondary N) is 3. The van der Waals surface area contributed by atoms with Gasteiger partial charge in [0.2, 0.25) is 5.91 Å². The van der Waals surface area contributed by atoms with Crippen LogP contribution in [0.3, 0.4) is 0 Å². The molecule has 1 aromatic heterocycles. The molecule has 1 fully saturated rings. The zero-order valence-corrected chi connectivity index (χ0v) is 22.8. The van der Waals surface area contributed by atoms with Crippen molar-refractivity contribution in [3.63, 3.8) is 0 Å². The Morgan fingerprint density at radius 2 is 2.00 bits per heavy atom. The number of para-hydroxylation sites is 1. The van der Waals surface area contributed by atoms with E-state index in [9.17, 15) is 4.79 Å². The molecule has 1 amide bonds. The second-order valence-electron chi connectivity index (χ2n) is 9.03. The highest BCUT2D eigenvalue weighted by molar-refractivity contribution is 14.0. The molecule has 0 spiro atoms. The van der Waals surface area contributed by atoms with E-state index in [1.54, 1.807) is 0 Å². The summed E-state index contributed by atoms with van der Waals surface area (Å²) in [7, 11) is 0. The van der Waals surface area contributed by atoms with Gasteiger partial charge in [-0.15, -0.1) is 24.0 Å². The van der Waals surface area contributed by atoms with Crippen LogP contribution in [0.4, 0.5) is 0 Å². The van der Waals surface area contributed by atoms with Gasteiger partial charge in [-0.2, -0.15) is 5.10 Å². The summed E-state index contributed by atoms with van der Waals surface area (Å²) in [5.41, 5.74) is 4.29. The number of amides is 1. The number of hydrogen-bond donors (Lipinski definition) is 3. The highest BCUT2D eigenvalue weighted by Gasteiger charge is 2.28. The lowest BCUT2D eigenvalue weighted by molar-refractivity contribution is -0.126. The van der Waals surface area contributed by atoms with Crippen LogP contribution in [0.1, 0.15) is 63.4 Å². The molecule has 3 N–H and O–H groups in total. The van der Waals surface area contributed by atoms with Gasteiger partial charge < -0.3 is 16.0 Å². The molecular formula is C25H39IN6O. The van der Waals surface area contributed by atoms with Crippen LogP contribution in [-0.4, -0.2) is 40.3 Å². The fourth-order valence-corrected chi connectivity index (χ4v) is 4.36. The van der Waals surface area contributed by atoms with Gasteiger partial charge in [0.1, 0.15) is 0 Å². The van der Waals surface area contributed by atoms with Gasteiger partial charge in [0.25, 0.3) is 0 Å². The molecule has 2 atom stereocenters. The maximum absolute atomic E-state index is 12.5. The van der Waals surface area contributed by atoms with E-state index in [4.69, 9.17) is 4.99 Å². The highest BCUT2D eigenvalue weighted by atomic mass is 127. The summed E-state index contributed by atoms with van der Waals surface area (Å²) < 4.78 is 1.99. The van der Waals surface area contributed by atoms with Crippen LogP contribution in [-0.2, 0) is 11.3 Å². The first-order chi connectivity index (χ1) is 15.4. The zero-order chi connectivity index (χ0) is 23.1. The van der Waals surface area contributed by atoms with E-state index >= 15 is 0 Å². The largest absolute Gasteiger partial charge is 0.357 e. The third-order valence-corrected chi connectivity index (χ3v) is 5.80. The van der Waals surface area contributed by atoms with E-state index in [1.807, 2.05) is 37.6 Å². The van der Waals surface area contributed by atoms with Gasteiger partial charge in [0.05, 0.1) is 17.9 Å². The summed E-state index contributed by atoms with van der Waals surface area (Å²) >= 11 is 0. The Bertz CT molecular complexity index is 939. The van der Waals surface area contributed by atoms with E-state index in [1.165, 1.54) is 0 Å². The Hall–Kier alpha value is -2.10. The quantitative estimate of drug-likeness (QED) is 0.266. The minimum Gasteiger partial charge on any atom is -0.357 e. The minimum atomic E-state index is 0. The number of nitrogens with zero attached hydrogens (tertiary/aromatic N) is 3. The average Bonchev–Trinajstić information content (AvgIpc) is 3.10. The van der Waals surface area contributed by atoms with Crippen LogP contribution in [0.2, 0.25) is 0 Å². The summed E-state index contributed by atoms with van der Waals surface area (Å²) in [5, 5.41) is 14.7. The molecule has 2 aromatic rings. The van der Waals surface area contributed by atoms with Crippen LogP contribution in [0, 0.1) is 19.8 Å². The predicted octanol–water partition coefficient (Wildman–Crippen LogP) is 4.25. The van der Waals surface area contributed by atoms with Crippen molar-refractivity contribution in [1.82, 2.24) is 25.7 Å². The Morgan fingerprint density at radius 1 is 1.24 bits per heavy atom. The van der Waals surface area contributed by atoms with Gasteiger partial charge in [-0.3, -0.25) is 4.79 Å². The third kappa shape index (κ3) is 7.72. The van der Waals surface area contributed by atoms with Crippen LogP contribution >= 0.6 is 24.0 Å². The molecular weight excluding hydrogens is 527 g/mol. The van der Waals surface area contributed by atoms with Crippen LogP contribution < -0.4 is 16.0 Å². The van der Waals surface area contributed by atoms with E-state index in [2.05, 4.69) is 53.1 Å². The fourth-order valence-electron chi connectivity index (χ4n) is 4.36. The third-order valence-electron chi connectivity index (χ3n) is 5.80. The van der Waals surface area contributed by atoms with Crippen molar-refractivity contribution in [1.29, 1.82) is 0 Å². The second-order valence-corrected chi connectivity index (χ2v) is 9.03. The van der Waals surface area contributed by atoms with E-state index in [0.717, 1.165) is 60.8 Å². The van der Waals surface area contributed by atoms with Gasteiger partial charge in [-0.1, -0.05) is 24.6 Å². The number of carbonyl (C=O) groups excluding carboxylic acids is 1. The molecule has 1 saturated carbocycles. The van der Waals surface area contributed by atoms with Crippen molar-refractivity contribution < 1.29 is 4.79 Å². The Balaban J connectivity index is 0.00000385. The van der Waals surface area contributed by atoms with Gasteiger partial charge >= 0.3 is 0 Å². The first-order valence-corrected chi connectivity index (χ1v) is 11.8. The summed E-state index contributed by atoms with van der Waals surface area (Å²) in [6.45, 7) is 11.5. The Morgan fingerprint density at radius 3 is 2.67 bits per heavy atom. The van der Waals surface area contributed by atoms with E-state index < -0.39 is 0 Å². The maximum Gasteiger partial charge on any atom is 0.223 e. The summed E-state index contributed by atoms with van der Waals surface area (Å²) in [5.74, 6) is 1.04. The first kappa shape index (κ1) is 27.1. The standard InChI is InChI=1S/C25H38N6O.HI/c1-6-26-25(29-22-12-9-11-20(15-22)24(32)28-17(2)3)27-16-21-10-7-8-13-23(21)31-19(5)14-18(4)30-31;/h7-8,10,13-14,17,20,22H,6,9,11-12,15-16H2,1-5H3,(H,28,32)(H2,26,27,29);1H. The van der Waals surface area contributed by atoms with Gasteiger partial charge in [0, 0.05) is 30.2 Å². The molecule has 0 radical (unpaired) electrons. The number of halogens is 1. The van der Waals surface area contributed by atoms with Crippen molar-refractivity contribution in [3.05, 3.63) is 47.3 Å². The SMILES string of the molecule is CCNC(=NCc1ccccc1-n1nc(C)cc1C)NC1CCCC(C(=O)NC(C)C)C1.I. The normalized spacial score (nSPS) is 18.5. The number of benzene rings is 1. The Kier molecular flexibility index (Phi) is 10.7. The van der Waals surface area contributed by atoms with Crippen molar-refractivity contribution in [2.45, 2.75) is 78.9 Å². The van der Waals surface area contributed by atoms with Crippen LogP contribution in [0.5, 0.6) is 0 Å². The van der Waals surface area contributed by atoms with E-state index in [0.29, 0.717) is 6.54 Å². The molecule has 0 aliphatic heterocycles. The molecule has 1 aliphatic carbocycles. The smallest absolute Gasteiger partial charge is 0.223 e. The molecule has 2 unspecified atom stereocenters. The topological polar surface area (TPSA) is 83.3 Å². The van der Waals surface area contributed by atoms with Gasteiger partial charge in [-0.25, -0.2) is 9.67 Å². The average molecular weight is 567 g/mol. The molecule has 3 rings (SSSR count). The van der Waals surface area contributed by atoms with Crippen molar-refractivity contribution in [3.8, 4) is 5.69 Å². The highest BCUT2D eigenvalue weighted by Crippen LogP contribution is 2.25. The molecule has 1 aromatic carbocycles. The lowest BCUT2D eigenvalue weighted by Gasteiger charge is -2.30. The number of aromatic nitrogens is 2. The summed E-state index contributed by atoms with van der Waals surface area (Å²) in [4.78, 5) is 17.4. The van der Waals surface area contributed by atoms with Gasteiger partial charge in [0.15, 0.2) is 5.96 Å². The lowest BCUT2D eigenvalue weighted by Crippen LogP contribution is -2.47. The monoisotopic (exact) mass is 566 g/mol. The maximum atomic E-state index is 12.5. The molecule has 8 heteroatoms. The molecule has 33 heavy (non-hydrogen) atoms. The number of hydrogen-bond acceptors (Lipinski definition) is 3. The predicted molar refractivity (Wildman–Crippen MR) is 145 cm³/mol. The van der Waals surface area contributed by atoms with Gasteiger partial charge in [-0.05, 0) is 71.6 Å². The van der Waals surface area contributed by atoms with Crippen molar-refractivity contribution in [2.75, 3.05) is 6.54 Å². The number of carbonyl (C=O) groups is 1. The molecule has 7 nitrogen and oxygen atoms in total. The molecule has 0 saturated heterocycles. The van der Waals surface area contributed by atoms with Crippen molar-refractivity contribution in [2.24, 2.45) is 10.9 Å². The number of aliphatic imine (C=N–C) groups is 1. The van der Waals surface area contributed by atoms with Crippen LogP contribution in [0.25, 0.3) is 5.69 Å². The molecule has 1 heterocycles. The molecule has 182 valence electrons. The Labute approximate surface area is 215 Å². The summed E-state index contributed by atoms with van der Waals surface area (Å²) in [6, 6.07) is 10.8. The number of rotatable bonds is 7.